The minimum atomic E-state index is -5.08. The largest absolute Gasteiger partial charge is 0.490 e. The van der Waals surface area contributed by atoms with Gasteiger partial charge in [-0.15, -0.1) is 0 Å². The number of amides is 1. The summed E-state index contributed by atoms with van der Waals surface area (Å²) in [6.07, 6.45) is -5.08. The van der Waals surface area contributed by atoms with E-state index in [1.807, 2.05) is 24.3 Å². The first kappa shape index (κ1) is 24.9. The van der Waals surface area contributed by atoms with Crippen LogP contribution in [-0.2, 0) is 15.6 Å². The van der Waals surface area contributed by atoms with Gasteiger partial charge in [-0.1, -0.05) is 23.7 Å². The second-order valence-electron chi connectivity index (χ2n) is 6.73. The van der Waals surface area contributed by atoms with Crippen LogP contribution in [0.5, 0.6) is 0 Å². The molecule has 3 aromatic carbocycles. The Morgan fingerprint density at radius 3 is 2.00 bits per heavy atom. The highest BCUT2D eigenvalue weighted by molar-refractivity contribution is 7.85. The third-order valence-corrected chi connectivity index (χ3v) is 6.03. The normalized spacial score (nSPS) is 12.0. The maximum Gasteiger partial charge on any atom is 0.490 e. The van der Waals surface area contributed by atoms with Gasteiger partial charge in [-0.2, -0.15) is 13.2 Å². The van der Waals surface area contributed by atoms with Crippen molar-refractivity contribution in [2.24, 2.45) is 5.73 Å². The molecule has 1 heterocycles. The number of carboxylic acid groups (broad SMARTS) is 1. The van der Waals surface area contributed by atoms with Crippen LogP contribution >= 0.6 is 11.6 Å². The molecule has 0 aliphatic heterocycles. The molecule has 1 unspecified atom stereocenters. The van der Waals surface area contributed by atoms with E-state index >= 15 is 0 Å². The van der Waals surface area contributed by atoms with Gasteiger partial charge in [0.25, 0.3) is 0 Å². The van der Waals surface area contributed by atoms with Crippen LogP contribution in [0, 0.1) is 0 Å². The van der Waals surface area contributed by atoms with E-state index in [0.29, 0.717) is 26.2 Å². The van der Waals surface area contributed by atoms with Crippen molar-refractivity contribution in [3.8, 4) is 11.4 Å². The van der Waals surface area contributed by atoms with Gasteiger partial charge in [0, 0.05) is 25.9 Å². The van der Waals surface area contributed by atoms with Gasteiger partial charge in [-0.25, -0.2) is 14.0 Å². The number of halogens is 4. The predicted molar refractivity (Wildman–Crippen MR) is 120 cm³/mol. The number of hydrogen-bond donors (Lipinski definition) is 3. The predicted octanol–water partition coefficient (Wildman–Crippen LogP) is 4.78. The Balaban J connectivity index is 0.000000406. The molecule has 4 rings (SSSR count). The number of nitrogens with one attached hydrogen (secondary N) is 1. The molecule has 0 aliphatic rings. The Hall–Kier alpha value is -3.70. The van der Waals surface area contributed by atoms with Gasteiger partial charge in [0.05, 0.1) is 21.8 Å². The van der Waals surface area contributed by atoms with E-state index in [1.54, 1.807) is 42.5 Å². The van der Waals surface area contributed by atoms with Gasteiger partial charge in [-0.3, -0.25) is 4.79 Å². The molecule has 0 aliphatic carbocycles. The number of imidazole rings is 1. The van der Waals surface area contributed by atoms with Crippen LogP contribution in [0.1, 0.15) is 10.4 Å². The molecule has 0 saturated carbocycles. The molecule has 1 amide bonds. The summed E-state index contributed by atoms with van der Waals surface area (Å²) in [4.78, 5) is 29.3. The van der Waals surface area contributed by atoms with Gasteiger partial charge in [-0.05, 0) is 54.6 Å². The quantitative estimate of drug-likeness (QED) is 0.365. The average molecular weight is 510 g/mol. The molecule has 176 valence electrons. The monoisotopic (exact) mass is 509 g/mol. The second-order valence-corrected chi connectivity index (χ2v) is 8.65. The maximum absolute atomic E-state index is 12.6. The summed E-state index contributed by atoms with van der Waals surface area (Å²) < 4.78 is 44.4. The summed E-state index contributed by atoms with van der Waals surface area (Å²) in [5.41, 5.74) is 8.06. The topological polar surface area (TPSA) is 126 Å². The maximum atomic E-state index is 12.6. The summed E-state index contributed by atoms with van der Waals surface area (Å²) in [6, 6.07) is 19.3. The number of aromatic amines is 1. The van der Waals surface area contributed by atoms with Gasteiger partial charge in [0.15, 0.2) is 0 Å². The summed E-state index contributed by atoms with van der Waals surface area (Å²) in [5, 5.41) is 7.73. The number of aliphatic carboxylic acids is 1. The average Bonchev–Trinajstić information content (AvgIpc) is 3.22. The van der Waals surface area contributed by atoms with Gasteiger partial charge >= 0.3 is 12.1 Å². The van der Waals surface area contributed by atoms with Crippen molar-refractivity contribution in [1.82, 2.24) is 9.97 Å². The molecule has 0 spiro atoms. The van der Waals surface area contributed by atoms with Crippen molar-refractivity contribution < 1.29 is 32.1 Å². The number of carboxylic acids is 1. The van der Waals surface area contributed by atoms with E-state index in [4.69, 9.17) is 27.2 Å². The Bertz CT molecular complexity index is 1370. The lowest BCUT2D eigenvalue weighted by atomic mass is 10.2. The number of rotatable bonds is 4. The summed E-state index contributed by atoms with van der Waals surface area (Å²) >= 11 is 5.88. The molecular weight excluding hydrogens is 495 g/mol. The number of hydrogen-bond acceptors (Lipinski definition) is 4. The fourth-order valence-electron chi connectivity index (χ4n) is 2.73. The van der Waals surface area contributed by atoms with Crippen LogP contribution in [0.4, 0.5) is 13.2 Å². The summed E-state index contributed by atoms with van der Waals surface area (Å²) in [7, 11) is -1.28. The van der Waals surface area contributed by atoms with Crippen molar-refractivity contribution in [2.45, 2.75) is 16.0 Å². The van der Waals surface area contributed by atoms with Crippen molar-refractivity contribution in [1.29, 1.82) is 0 Å². The van der Waals surface area contributed by atoms with E-state index in [1.165, 1.54) is 0 Å². The van der Waals surface area contributed by atoms with Crippen LogP contribution in [0.25, 0.3) is 22.4 Å². The molecule has 0 fully saturated rings. The van der Waals surface area contributed by atoms with Gasteiger partial charge in [0.2, 0.25) is 5.91 Å². The Morgan fingerprint density at radius 2 is 1.50 bits per heavy atom. The SMILES string of the molecule is NC(=O)c1ccc2nc(-c3ccc(S(=O)c4ccc(Cl)cc4)cc3)[nH]c2c1.O=C(O)C(F)(F)F. The van der Waals surface area contributed by atoms with Crippen LogP contribution in [-0.4, -0.2) is 37.3 Å². The number of benzene rings is 3. The standard InChI is InChI=1S/C20H14ClN3O2S.C2HF3O2/c21-14-4-8-16(9-5-14)27(26)15-6-1-12(2-7-15)20-23-17-10-3-13(19(22)25)11-18(17)24-20;3-2(4,5)1(6)7/h1-11H,(H2,22,25)(H,23,24);(H,6,7). The lowest BCUT2D eigenvalue weighted by Crippen LogP contribution is -2.21. The molecule has 7 nitrogen and oxygen atoms in total. The number of aromatic nitrogens is 2. The van der Waals surface area contributed by atoms with E-state index < -0.39 is 28.9 Å². The van der Waals surface area contributed by atoms with Crippen molar-refractivity contribution in [3.05, 3.63) is 77.3 Å². The summed E-state index contributed by atoms with van der Waals surface area (Å²) in [6.45, 7) is 0. The number of carbonyl (C=O) groups is 2. The lowest BCUT2D eigenvalue weighted by molar-refractivity contribution is -0.192. The van der Waals surface area contributed by atoms with E-state index in [-0.39, 0.29) is 0 Å². The lowest BCUT2D eigenvalue weighted by Gasteiger charge is -2.04. The zero-order valence-electron chi connectivity index (χ0n) is 17.0. The first-order chi connectivity index (χ1) is 16.0. The molecule has 1 atom stereocenters. The molecule has 4 aromatic rings. The fourth-order valence-corrected chi connectivity index (χ4v) is 3.89. The molecule has 0 bridgehead atoms. The van der Waals surface area contributed by atoms with E-state index in [2.05, 4.69) is 9.97 Å². The third kappa shape index (κ3) is 6.00. The van der Waals surface area contributed by atoms with E-state index in [9.17, 15) is 22.2 Å². The number of H-pyrrole nitrogens is 1. The first-order valence-electron chi connectivity index (χ1n) is 9.33. The third-order valence-electron chi connectivity index (χ3n) is 4.38. The second kappa shape index (κ2) is 10.1. The molecule has 0 radical (unpaired) electrons. The van der Waals surface area contributed by atoms with Crippen LogP contribution in [0.15, 0.2) is 76.5 Å². The zero-order valence-corrected chi connectivity index (χ0v) is 18.5. The number of carbonyl (C=O) groups excluding carboxylic acids is 1. The Morgan fingerprint density at radius 1 is 0.971 bits per heavy atom. The highest BCUT2D eigenvalue weighted by Crippen LogP contribution is 2.24. The minimum Gasteiger partial charge on any atom is -0.475 e. The van der Waals surface area contributed by atoms with Crippen molar-refractivity contribution in [3.63, 3.8) is 0 Å². The number of nitrogens with zero attached hydrogens (tertiary/aromatic N) is 1. The van der Waals surface area contributed by atoms with Crippen LogP contribution in [0.2, 0.25) is 5.02 Å². The number of fused-ring (bicyclic) bond motifs is 1. The number of alkyl halides is 3. The van der Waals surface area contributed by atoms with Crippen LogP contribution < -0.4 is 5.73 Å². The smallest absolute Gasteiger partial charge is 0.475 e. The van der Waals surface area contributed by atoms with Crippen molar-refractivity contribution >= 4 is 45.3 Å². The van der Waals surface area contributed by atoms with E-state index in [0.717, 1.165) is 16.6 Å². The Labute approximate surface area is 197 Å². The molecule has 1 aromatic heterocycles. The summed E-state index contributed by atoms with van der Waals surface area (Å²) in [5.74, 6) is -2.58. The minimum absolute atomic E-state index is 0.423. The van der Waals surface area contributed by atoms with Crippen molar-refractivity contribution in [2.75, 3.05) is 0 Å². The molecule has 34 heavy (non-hydrogen) atoms. The van der Waals surface area contributed by atoms with Gasteiger partial charge in [0.1, 0.15) is 5.82 Å². The molecule has 12 heteroatoms. The number of nitrogens with two attached hydrogens (primary N) is 1. The molecular formula is C22H15ClF3N3O4S. The highest BCUT2D eigenvalue weighted by atomic mass is 35.5. The van der Waals surface area contributed by atoms with Crippen LogP contribution in [0.3, 0.4) is 0 Å². The fraction of sp³-hybridized carbons (Fsp3) is 0.0455. The zero-order chi connectivity index (χ0) is 25.0. The molecule has 0 saturated heterocycles. The Kier molecular flexibility index (Phi) is 7.38. The first-order valence-corrected chi connectivity index (χ1v) is 10.9. The van der Waals surface area contributed by atoms with Gasteiger partial charge < -0.3 is 15.8 Å². The number of primary amides is 1. The highest BCUT2D eigenvalue weighted by Gasteiger charge is 2.38. The molecule has 4 N–H and O–H groups in total.